The number of aliphatic carboxylic acids is 1. The zero-order chi connectivity index (χ0) is 9.26. The van der Waals surface area contributed by atoms with Crippen LogP contribution in [0.15, 0.2) is 16.8 Å². The van der Waals surface area contributed by atoms with Gasteiger partial charge in [-0.15, -0.1) is 0 Å². The number of hydrogen-bond donors (Lipinski definition) is 1. The highest BCUT2D eigenvalue weighted by Crippen LogP contribution is 2.40. The fourth-order valence-electron chi connectivity index (χ4n) is 2.14. The summed E-state index contributed by atoms with van der Waals surface area (Å²) < 4.78 is 0. The van der Waals surface area contributed by atoms with Gasteiger partial charge in [0.1, 0.15) is 0 Å². The lowest BCUT2D eigenvalue weighted by atomic mass is 9.91. The van der Waals surface area contributed by atoms with Crippen molar-refractivity contribution in [3.05, 3.63) is 22.4 Å². The molecule has 2 atom stereocenters. The van der Waals surface area contributed by atoms with Crippen LogP contribution < -0.4 is 0 Å². The van der Waals surface area contributed by atoms with Crippen molar-refractivity contribution in [1.82, 2.24) is 0 Å². The van der Waals surface area contributed by atoms with E-state index in [1.165, 1.54) is 5.56 Å². The van der Waals surface area contributed by atoms with Crippen LogP contribution in [0, 0.1) is 5.92 Å². The van der Waals surface area contributed by atoms with Crippen molar-refractivity contribution >= 4 is 17.3 Å². The number of rotatable bonds is 2. The van der Waals surface area contributed by atoms with Gasteiger partial charge in [-0.3, -0.25) is 4.79 Å². The van der Waals surface area contributed by atoms with Gasteiger partial charge in [-0.25, -0.2) is 0 Å². The Hall–Kier alpha value is -0.830. The summed E-state index contributed by atoms with van der Waals surface area (Å²) >= 11 is 1.65. The van der Waals surface area contributed by atoms with Crippen LogP contribution in [0.1, 0.15) is 30.7 Å². The van der Waals surface area contributed by atoms with Gasteiger partial charge in [-0.1, -0.05) is 6.42 Å². The number of carboxylic acid groups (broad SMARTS) is 1. The predicted molar refractivity (Wildman–Crippen MR) is 52.0 cm³/mol. The molecule has 3 heteroatoms. The van der Waals surface area contributed by atoms with Gasteiger partial charge >= 0.3 is 5.97 Å². The molecule has 1 aliphatic rings. The lowest BCUT2D eigenvalue weighted by Crippen LogP contribution is -2.16. The zero-order valence-corrected chi connectivity index (χ0v) is 8.09. The summed E-state index contributed by atoms with van der Waals surface area (Å²) in [5, 5.41) is 13.1. The molecule has 0 saturated heterocycles. The van der Waals surface area contributed by atoms with Crippen molar-refractivity contribution in [1.29, 1.82) is 0 Å². The maximum absolute atomic E-state index is 10.9. The minimum atomic E-state index is -0.631. The van der Waals surface area contributed by atoms with Crippen molar-refractivity contribution < 1.29 is 9.90 Å². The summed E-state index contributed by atoms with van der Waals surface area (Å²) in [5.74, 6) is -0.507. The second kappa shape index (κ2) is 3.50. The smallest absolute Gasteiger partial charge is 0.307 e. The average Bonchev–Trinajstić information content (AvgIpc) is 2.74. The standard InChI is InChI=1S/C10H12O2S/c11-10(12)9-3-1-2-8(9)7-4-5-13-6-7/h4-6,8-9H,1-3H2,(H,11,12)/t8-,9-/m1/s1. The number of hydrogen-bond acceptors (Lipinski definition) is 2. The van der Waals surface area contributed by atoms with Crippen LogP contribution in [0.25, 0.3) is 0 Å². The van der Waals surface area contributed by atoms with E-state index in [4.69, 9.17) is 5.11 Å². The first-order chi connectivity index (χ1) is 6.29. The van der Waals surface area contributed by atoms with Crippen molar-refractivity contribution in [3.63, 3.8) is 0 Å². The van der Waals surface area contributed by atoms with Gasteiger partial charge in [0.05, 0.1) is 5.92 Å². The highest BCUT2D eigenvalue weighted by Gasteiger charge is 2.33. The molecule has 1 fully saturated rings. The third-order valence-electron chi connectivity index (χ3n) is 2.80. The second-order valence-corrected chi connectivity index (χ2v) is 4.32. The minimum Gasteiger partial charge on any atom is -0.481 e. The Balaban J connectivity index is 2.19. The minimum absolute atomic E-state index is 0.144. The zero-order valence-electron chi connectivity index (χ0n) is 7.27. The van der Waals surface area contributed by atoms with Crippen LogP contribution in [0.3, 0.4) is 0 Å². The fraction of sp³-hybridized carbons (Fsp3) is 0.500. The molecule has 0 aliphatic heterocycles. The van der Waals surface area contributed by atoms with Crippen LogP contribution in [-0.2, 0) is 4.79 Å². The van der Waals surface area contributed by atoms with E-state index in [1.54, 1.807) is 11.3 Å². The molecule has 1 aromatic heterocycles. The second-order valence-electron chi connectivity index (χ2n) is 3.54. The fourth-order valence-corrected chi connectivity index (χ4v) is 2.87. The third kappa shape index (κ3) is 1.61. The third-order valence-corrected chi connectivity index (χ3v) is 3.51. The van der Waals surface area contributed by atoms with Gasteiger partial charge < -0.3 is 5.11 Å². The summed E-state index contributed by atoms with van der Waals surface area (Å²) in [6.07, 6.45) is 2.93. The Bertz CT molecular complexity index is 292. The van der Waals surface area contributed by atoms with E-state index >= 15 is 0 Å². The number of carboxylic acids is 1. The molecule has 0 unspecified atom stereocenters. The molecule has 1 saturated carbocycles. The molecule has 0 radical (unpaired) electrons. The van der Waals surface area contributed by atoms with Crippen LogP contribution >= 0.6 is 11.3 Å². The SMILES string of the molecule is O=C(O)[C@@H]1CCC[C@@H]1c1ccsc1. The first kappa shape index (κ1) is 8.75. The van der Waals surface area contributed by atoms with Crippen LogP contribution in [-0.4, -0.2) is 11.1 Å². The van der Waals surface area contributed by atoms with E-state index in [-0.39, 0.29) is 11.8 Å². The summed E-state index contributed by atoms with van der Waals surface area (Å²) in [4.78, 5) is 10.9. The Labute approximate surface area is 81.2 Å². The highest BCUT2D eigenvalue weighted by molar-refractivity contribution is 7.07. The first-order valence-electron chi connectivity index (χ1n) is 4.54. The van der Waals surface area contributed by atoms with E-state index in [0.29, 0.717) is 0 Å². The molecule has 0 aromatic carbocycles. The van der Waals surface area contributed by atoms with Crippen molar-refractivity contribution in [2.24, 2.45) is 5.92 Å². The summed E-state index contributed by atoms with van der Waals surface area (Å²) in [5.41, 5.74) is 1.22. The molecule has 70 valence electrons. The van der Waals surface area contributed by atoms with Crippen molar-refractivity contribution in [3.8, 4) is 0 Å². The topological polar surface area (TPSA) is 37.3 Å². The van der Waals surface area contributed by atoms with E-state index in [2.05, 4.69) is 11.4 Å². The van der Waals surface area contributed by atoms with Crippen LogP contribution in [0.5, 0.6) is 0 Å². The maximum Gasteiger partial charge on any atom is 0.307 e. The summed E-state index contributed by atoms with van der Waals surface area (Å²) in [6.45, 7) is 0. The molecule has 0 spiro atoms. The van der Waals surface area contributed by atoms with E-state index in [0.717, 1.165) is 19.3 Å². The molecule has 2 rings (SSSR count). The first-order valence-corrected chi connectivity index (χ1v) is 5.48. The van der Waals surface area contributed by atoms with Crippen LogP contribution in [0.4, 0.5) is 0 Å². The normalized spacial score (nSPS) is 27.7. The molecule has 1 N–H and O–H groups in total. The lowest BCUT2D eigenvalue weighted by Gasteiger charge is -2.13. The molecule has 0 amide bonds. The molecule has 0 bridgehead atoms. The molecule has 1 aliphatic carbocycles. The monoisotopic (exact) mass is 196 g/mol. The summed E-state index contributed by atoms with van der Waals surface area (Å²) in [6, 6.07) is 2.05. The number of carbonyl (C=O) groups is 1. The van der Waals surface area contributed by atoms with Crippen LogP contribution in [0.2, 0.25) is 0 Å². The van der Waals surface area contributed by atoms with E-state index < -0.39 is 5.97 Å². The van der Waals surface area contributed by atoms with Gasteiger partial charge in [-0.2, -0.15) is 11.3 Å². The molecular weight excluding hydrogens is 184 g/mol. The quantitative estimate of drug-likeness (QED) is 0.789. The Morgan fingerprint density at radius 2 is 2.38 bits per heavy atom. The van der Waals surface area contributed by atoms with Gasteiger partial charge in [0.15, 0.2) is 0 Å². The van der Waals surface area contributed by atoms with Gasteiger partial charge in [-0.05, 0) is 41.1 Å². The summed E-state index contributed by atoms with van der Waals surface area (Å²) in [7, 11) is 0. The van der Waals surface area contributed by atoms with Gasteiger partial charge in [0.25, 0.3) is 0 Å². The predicted octanol–water partition coefficient (Wildman–Crippen LogP) is 2.72. The molecule has 1 heterocycles. The van der Waals surface area contributed by atoms with Gasteiger partial charge in [0, 0.05) is 0 Å². The highest BCUT2D eigenvalue weighted by atomic mass is 32.1. The largest absolute Gasteiger partial charge is 0.481 e. The van der Waals surface area contributed by atoms with E-state index in [9.17, 15) is 4.79 Å². The van der Waals surface area contributed by atoms with E-state index in [1.807, 2.05) is 5.38 Å². The average molecular weight is 196 g/mol. The Morgan fingerprint density at radius 1 is 1.54 bits per heavy atom. The van der Waals surface area contributed by atoms with Crippen molar-refractivity contribution in [2.75, 3.05) is 0 Å². The molecule has 2 nitrogen and oxygen atoms in total. The Kier molecular flexibility index (Phi) is 2.36. The molecule has 13 heavy (non-hydrogen) atoms. The van der Waals surface area contributed by atoms with Crippen molar-refractivity contribution in [2.45, 2.75) is 25.2 Å². The Morgan fingerprint density at radius 3 is 3.00 bits per heavy atom. The lowest BCUT2D eigenvalue weighted by molar-refractivity contribution is -0.142. The molecular formula is C10H12O2S. The number of thiophene rings is 1. The maximum atomic E-state index is 10.9. The van der Waals surface area contributed by atoms with Gasteiger partial charge in [0.2, 0.25) is 0 Å². The molecule has 1 aromatic rings.